The SMILES string of the molecule is Cc1nn(C(C)C)c(C)c1CC(C)Br. The molecule has 1 unspecified atom stereocenters. The highest BCUT2D eigenvalue weighted by Gasteiger charge is 2.14. The zero-order chi connectivity index (χ0) is 10.9. The molecule has 80 valence electrons. The summed E-state index contributed by atoms with van der Waals surface area (Å²) in [4.78, 5) is 0.518. The van der Waals surface area contributed by atoms with E-state index in [0.29, 0.717) is 10.9 Å². The Hall–Kier alpha value is -0.310. The molecule has 1 atom stereocenters. The molecule has 0 aliphatic heterocycles. The zero-order valence-corrected chi connectivity index (χ0v) is 11.2. The van der Waals surface area contributed by atoms with Crippen LogP contribution in [-0.2, 0) is 6.42 Å². The summed E-state index contributed by atoms with van der Waals surface area (Å²) in [5, 5.41) is 4.56. The van der Waals surface area contributed by atoms with Crippen molar-refractivity contribution in [1.82, 2.24) is 9.78 Å². The van der Waals surface area contributed by atoms with Crippen molar-refractivity contribution in [2.45, 2.75) is 51.9 Å². The lowest BCUT2D eigenvalue weighted by Crippen LogP contribution is -2.06. The van der Waals surface area contributed by atoms with Crippen LogP contribution < -0.4 is 0 Å². The predicted molar refractivity (Wildman–Crippen MR) is 64.2 cm³/mol. The molecule has 14 heavy (non-hydrogen) atoms. The van der Waals surface area contributed by atoms with Crippen LogP contribution in [0.15, 0.2) is 0 Å². The summed E-state index contributed by atoms with van der Waals surface area (Å²) in [6, 6.07) is 0.452. The van der Waals surface area contributed by atoms with Gasteiger partial charge in [-0.2, -0.15) is 5.10 Å². The fourth-order valence-corrected chi connectivity index (χ4v) is 2.10. The summed E-state index contributed by atoms with van der Waals surface area (Å²) in [5.74, 6) is 0. The maximum atomic E-state index is 4.56. The maximum Gasteiger partial charge on any atom is 0.0628 e. The van der Waals surface area contributed by atoms with E-state index in [1.54, 1.807) is 0 Å². The summed E-state index contributed by atoms with van der Waals surface area (Å²) < 4.78 is 2.11. The van der Waals surface area contributed by atoms with E-state index in [4.69, 9.17) is 0 Å². The standard InChI is InChI=1S/C11H19BrN2/c1-7(2)14-10(5)11(6-8(3)12)9(4)13-14/h7-8H,6H2,1-5H3. The summed E-state index contributed by atoms with van der Waals surface area (Å²) in [6.45, 7) is 10.8. The number of aryl methyl sites for hydroxylation is 1. The zero-order valence-electron chi connectivity index (χ0n) is 9.63. The van der Waals surface area contributed by atoms with Gasteiger partial charge in [0.1, 0.15) is 0 Å². The summed E-state index contributed by atoms with van der Waals surface area (Å²) >= 11 is 3.59. The van der Waals surface area contributed by atoms with Crippen LogP contribution in [0.2, 0.25) is 0 Å². The smallest absolute Gasteiger partial charge is 0.0628 e. The third kappa shape index (κ3) is 2.38. The Morgan fingerprint density at radius 3 is 2.21 bits per heavy atom. The molecule has 0 aliphatic rings. The maximum absolute atomic E-state index is 4.56. The molecule has 1 heterocycles. The highest BCUT2D eigenvalue weighted by atomic mass is 79.9. The van der Waals surface area contributed by atoms with E-state index in [0.717, 1.165) is 6.42 Å². The monoisotopic (exact) mass is 258 g/mol. The van der Waals surface area contributed by atoms with Crippen molar-refractivity contribution < 1.29 is 0 Å². The Bertz CT molecular complexity index is 313. The fraction of sp³-hybridized carbons (Fsp3) is 0.727. The molecule has 0 saturated carbocycles. The van der Waals surface area contributed by atoms with Crippen LogP contribution in [-0.4, -0.2) is 14.6 Å². The molecule has 0 saturated heterocycles. The number of rotatable bonds is 3. The Kier molecular flexibility index (Phi) is 3.76. The van der Waals surface area contributed by atoms with Gasteiger partial charge in [0, 0.05) is 16.6 Å². The number of nitrogens with zero attached hydrogens (tertiary/aromatic N) is 2. The molecule has 0 radical (unpaired) electrons. The van der Waals surface area contributed by atoms with Gasteiger partial charge in [0.2, 0.25) is 0 Å². The van der Waals surface area contributed by atoms with Crippen LogP contribution in [0.1, 0.15) is 43.8 Å². The van der Waals surface area contributed by atoms with E-state index in [9.17, 15) is 0 Å². The van der Waals surface area contributed by atoms with Gasteiger partial charge in [0.15, 0.2) is 0 Å². The molecular formula is C11H19BrN2. The van der Waals surface area contributed by atoms with Gasteiger partial charge in [-0.05, 0) is 39.7 Å². The lowest BCUT2D eigenvalue weighted by atomic mass is 10.1. The van der Waals surface area contributed by atoms with E-state index >= 15 is 0 Å². The van der Waals surface area contributed by atoms with E-state index in [1.807, 2.05) is 0 Å². The molecule has 0 fully saturated rings. The first-order valence-corrected chi connectivity index (χ1v) is 6.03. The Morgan fingerprint density at radius 2 is 1.86 bits per heavy atom. The molecule has 0 spiro atoms. The molecule has 0 aliphatic carbocycles. The second kappa shape index (κ2) is 4.47. The van der Waals surface area contributed by atoms with Crippen molar-refractivity contribution in [3.63, 3.8) is 0 Å². The van der Waals surface area contributed by atoms with Gasteiger partial charge in [0.25, 0.3) is 0 Å². The topological polar surface area (TPSA) is 17.8 Å². The molecule has 0 bridgehead atoms. The lowest BCUT2D eigenvalue weighted by Gasteiger charge is -2.09. The molecule has 0 amide bonds. The van der Waals surface area contributed by atoms with E-state index in [-0.39, 0.29) is 0 Å². The first kappa shape index (κ1) is 11.8. The van der Waals surface area contributed by atoms with E-state index in [2.05, 4.69) is 60.3 Å². The molecule has 2 nitrogen and oxygen atoms in total. The summed E-state index contributed by atoms with van der Waals surface area (Å²) in [6.07, 6.45) is 1.06. The molecule has 0 aromatic carbocycles. The van der Waals surface area contributed by atoms with Crippen molar-refractivity contribution in [2.24, 2.45) is 0 Å². The van der Waals surface area contributed by atoms with E-state index < -0.39 is 0 Å². The minimum absolute atomic E-state index is 0.452. The molecule has 0 N–H and O–H groups in total. The van der Waals surface area contributed by atoms with Crippen LogP contribution in [0.25, 0.3) is 0 Å². The molecular weight excluding hydrogens is 240 g/mol. The predicted octanol–water partition coefficient (Wildman–Crippen LogP) is 3.41. The van der Waals surface area contributed by atoms with Crippen molar-refractivity contribution in [2.75, 3.05) is 0 Å². The molecule has 3 heteroatoms. The summed E-state index contributed by atoms with van der Waals surface area (Å²) in [7, 11) is 0. The van der Waals surface area contributed by atoms with Crippen LogP contribution in [0.5, 0.6) is 0 Å². The number of halogens is 1. The minimum atomic E-state index is 0.452. The number of hydrogen-bond acceptors (Lipinski definition) is 1. The Balaban J connectivity index is 3.05. The van der Waals surface area contributed by atoms with Crippen molar-refractivity contribution in [3.8, 4) is 0 Å². The largest absolute Gasteiger partial charge is 0.267 e. The van der Waals surface area contributed by atoms with Gasteiger partial charge >= 0.3 is 0 Å². The second-order valence-electron chi connectivity index (χ2n) is 4.17. The molecule has 1 aromatic heterocycles. The van der Waals surface area contributed by atoms with Crippen LogP contribution in [0, 0.1) is 13.8 Å². The van der Waals surface area contributed by atoms with Gasteiger partial charge in [-0.25, -0.2) is 0 Å². The number of aromatic nitrogens is 2. The summed E-state index contributed by atoms with van der Waals surface area (Å²) in [5.41, 5.74) is 3.87. The van der Waals surface area contributed by atoms with Gasteiger partial charge < -0.3 is 0 Å². The lowest BCUT2D eigenvalue weighted by molar-refractivity contribution is 0.515. The normalized spacial score (nSPS) is 13.6. The third-order valence-electron chi connectivity index (χ3n) is 2.45. The quantitative estimate of drug-likeness (QED) is 0.760. The van der Waals surface area contributed by atoms with Gasteiger partial charge in [-0.1, -0.05) is 22.9 Å². The van der Waals surface area contributed by atoms with Crippen LogP contribution in [0.3, 0.4) is 0 Å². The van der Waals surface area contributed by atoms with Crippen molar-refractivity contribution >= 4 is 15.9 Å². The third-order valence-corrected chi connectivity index (χ3v) is 2.77. The van der Waals surface area contributed by atoms with Crippen LogP contribution in [0.4, 0.5) is 0 Å². The highest BCUT2D eigenvalue weighted by Crippen LogP contribution is 2.20. The number of alkyl halides is 1. The Labute approximate surface area is 94.8 Å². The first-order valence-electron chi connectivity index (χ1n) is 5.12. The van der Waals surface area contributed by atoms with Gasteiger partial charge in [-0.15, -0.1) is 0 Å². The van der Waals surface area contributed by atoms with Gasteiger partial charge in [-0.3, -0.25) is 4.68 Å². The Morgan fingerprint density at radius 1 is 1.29 bits per heavy atom. The van der Waals surface area contributed by atoms with Crippen molar-refractivity contribution in [1.29, 1.82) is 0 Å². The molecule has 1 aromatic rings. The number of hydrogen-bond donors (Lipinski definition) is 0. The van der Waals surface area contributed by atoms with Gasteiger partial charge in [0.05, 0.1) is 5.69 Å². The highest BCUT2D eigenvalue weighted by molar-refractivity contribution is 9.09. The van der Waals surface area contributed by atoms with E-state index in [1.165, 1.54) is 17.0 Å². The van der Waals surface area contributed by atoms with Crippen molar-refractivity contribution in [3.05, 3.63) is 17.0 Å². The second-order valence-corrected chi connectivity index (χ2v) is 5.74. The first-order chi connectivity index (χ1) is 6.43. The molecule has 1 rings (SSSR count). The fourth-order valence-electron chi connectivity index (χ4n) is 1.78. The average molecular weight is 259 g/mol. The average Bonchev–Trinajstić information content (AvgIpc) is 2.31. The van der Waals surface area contributed by atoms with Crippen LogP contribution >= 0.6 is 15.9 Å². The minimum Gasteiger partial charge on any atom is -0.267 e.